The van der Waals surface area contributed by atoms with Gasteiger partial charge in [0.15, 0.2) is 0 Å². The molecular weight excluding hydrogens is 500 g/mol. The Kier molecular flexibility index (Phi) is 8.32. The second kappa shape index (κ2) is 12.0. The highest BCUT2D eigenvalue weighted by Crippen LogP contribution is 2.34. The van der Waals surface area contributed by atoms with Crippen LogP contribution in [-0.4, -0.2) is 34.6 Å². The average molecular weight is 535 g/mol. The Hall–Kier alpha value is -3.33. The Morgan fingerprint density at radius 1 is 0.842 bits per heavy atom. The molecule has 2 fully saturated rings. The third-order valence-electron chi connectivity index (χ3n) is 7.53. The van der Waals surface area contributed by atoms with Crippen molar-refractivity contribution in [1.29, 1.82) is 0 Å². The molecule has 9 heteroatoms. The largest absolute Gasteiger partial charge is 0.453 e. The number of methoxy groups -OCH3 is 1. The van der Waals surface area contributed by atoms with E-state index in [9.17, 15) is 14.4 Å². The van der Waals surface area contributed by atoms with Crippen LogP contribution in [0.15, 0.2) is 52.3 Å². The highest BCUT2D eigenvalue weighted by atomic mass is 32.2. The van der Waals surface area contributed by atoms with E-state index in [4.69, 9.17) is 4.74 Å². The first-order valence-corrected chi connectivity index (χ1v) is 14.3. The molecule has 0 bridgehead atoms. The fourth-order valence-electron chi connectivity index (χ4n) is 5.46. The zero-order valence-electron chi connectivity index (χ0n) is 21.7. The number of rotatable bonds is 6. The Balaban J connectivity index is 1.33. The van der Waals surface area contributed by atoms with Gasteiger partial charge in [-0.05, 0) is 68.1 Å². The maximum Gasteiger partial charge on any atom is 0.413 e. The fourth-order valence-corrected chi connectivity index (χ4v) is 6.31. The Labute approximate surface area is 226 Å². The van der Waals surface area contributed by atoms with E-state index in [1.54, 1.807) is 11.8 Å². The van der Waals surface area contributed by atoms with Crippen molar-refractivity contribution >= 4 is 52.3 Å². The number of carbonyl (C=O) groups is 3. The summed E-state index contributed by atoms with van der Waals surface area (Å²) in [6.45, 7) is 0. The second-order valence-electron chi connectivity index (χ2n) is 10.2. The Morgan fingerprint density at radius 3 is 2.13 bits per heavy atom. The van der Waals surface area contributed by atoms with Crippen LogP contribution < -0.4 is 10.6 Å². The van der Waals surface area contributed by atoms with Crippen LogP contribution in [0.1, 0.15) is 69.0 Å². The first kappa shape index (κ1) is 26.3. The summed E-state index contributed by atoms with van der Waals surface area (Å²) in [5.41, 5.74) is 2.10. The van der Waals surface area contributed by atoms with Gasteiger partial charge in [0.05, 0.1) is 18.1 Å². The molecule has 0 saturated heterocycles. The van der Waals surface area contributed by atoms with Crippen molar-refractivity contribution in [3.63, 3.8) is 0 Å². The van der Waals surface area contributed by atoms with Gasteiger partial charge >= 0.3 is 6.09 Å². The number of amides is 2. The number of carbonyl (C=O) groups excluding carboxylic acids is 3. The minimum atomic E-state index is -0.664. The lowest BCUT2D eigenvalue weighted by atomic mass is 9.88. The highest BCUT2D eigenvalue weighted by Gasteiger charge is 2.27. The van der Waals surface area contributed by atoms with E-state index in [2.05, 4.69) is 15.6 Å². The lowest BCUT2D eigenvalue weighted by Crippen LogP contribution is -2.26. The van der Waals surface area contributed by atoms with Crippen LogP contribution in [-0.2, 0) is 9.53 Å². The second-order valence-corrected chi connectivity index (χ2v) is 11.3. The number of hydrogen-bond donors (Lipinski definition) is 2. The van der Waals surface area contributed by atoms with Crippen LogP contribution in [0.25, 0.3) is 11.0 Å². The number of nitrogens with zero attached hydrogens (tertiary/aromatic N) is 2. The number of fused-ring (bicyclic) bond motifs is 1. The predicted octanol–water partition coefficient (Wildman–Crippen LogP) is 7.11. The van der Waals surface area contributed by atoms with Gasteiger partial charge in [-0.25, -0.2) is 14.3 Å². The molecule has 5 rings (SSSR count). The number of aromatic nitrogens is 2. The molecule has 200 valence electrons. The monoisotopic (exact) mass is 534 g/mol. The molecule has 3 aromatic rings. The summed E-state index contributed by atoms with van der Waals surface area (Å²) in [6, 6.07) is 13.6. The summed E-state index contributed by atoms with van der Waals surface area (Å²) in [7, 11) is 1.28. The van der Waals surface area contributed by atoms with Gasteiger partial charge in [-0.15, -0.1) is 0 Å². The smallest absolute Gasteiger partial charge is 0.413 e. The van der Waals surface area contributed by atoms with Crippen LogP contribution in [0.4, 0.5) is 16.4 Å². The molecule has 0 radical (unpaired) electrons. The molecule has 1 aromatic heterocycles. The maximum atomic E-state index is 13.4. The van der Waals surface area contributed by atoms with E-state index in [1.165, 1.54) is 18.1 Å². The summed E-state index contributed by atoms with van der Waals surface area (Å²) < 4.78 is 6.28. The summed E-state index contributed by atoms with van der Waals surface area (Å²) in [5.74, 6) is 0.302. The standard InChI is InChI=1S/C29H34N4O4S/c1-37-29(36)32-28-31-24-18-23(16-17-25(24)33(28)27(35)20-10-6-3-7-11-20)38-22-14-12-21(13-15-22)30-26(34)19-8-4-2-5-9-19/h12-20H,2-11H2,1H3,(H,30,34)(H,31,32,36). The van der Waals surface area contributed by atoms with E-state index in [1.807, 2.05) is 42.5 Å². The van der Waals surface area contributed by atoms with Gasteiger partial charge < -0.3 is 10.1 Å². The van der Waals surface area contributed by atoms with Gasteiger partial charge in [0.1, 0.15) is 0 Å². The van der Waals surface area contributed by atoms with E-state index >= 15 is 0 Å². The summed E-state index contributed by atoms with van der Waals surface area (Å²) in [6.07, 6.45) is 9.68. The first-order chi connectivity index (χ1) is 18.5. The van der Waals surface area contributed by atoms with Crippen LogP contribution in [0, 0.1) is 11.8 Å². The summed E-state index contributed by atoms with van der Waals surface area (Å²) in [4.78, 5) is 44.5. The van der Waals surface area contributed by atoms with E-state index < -0.39 is 6.09 Å². The van der Waals surface area contributed by atoms with Gasteiger partial charge in [0.25, 0.3) is 0 Å². The maximum absolute atomic E-state index is 13.4. The third kappa shape index (κ3) is 6.04. The van der Waals surface area contributed by atoms with Crippen molar-refractivity contribution in [3.05, 3.63) is 42.5 Å². The number of nitrogens with one attached hydrogen (secondary N) is 2. The van der Waals surface area contributed by atoms with Crippen molar-refractivity contribution in [2.75, 3.05) is 17.7 Å². The number of benzene rings is 2. The molecule has 0 aliphatic heterocycles. The van der Waals surface area contributed by atoms with Gasteiger partial charge in [-0.3, -0.25) is 14.9 Å². The first-order valence-electron chi connectivity index (χ1n) is 13.5. The molecule has 2 N–H and O–H groups in total. The molecule has 38 heavy (non-hydrogen) atoms. The zero-order chi connectivity index (χ0) is 26.5. The topological polar surface area (TPSA) is 102 Å². The molecular formula is C29H34N4O4S. The summed E-state index contributed by atoms with van der Waals surface area (Å²) in [5, 5.41) is 5.67. The van der Waals surface area contributed by atoms with Gasteiger partial charge in [0, 0.05) is 27.3 Å². The van der Waals surface area contributed by atoms with E-state index in [0.29, 0.717) is 11.0 Å². The van der Waals surface area contributed by atoms with Crippen LogP contribution >= 0.6 is 11.8 Å². The average Bonchev–Trinajstić information content (AvgIpc) is 3.31. The molecule has 2 amide bonds. The van der Waals surface area contributed by atoms with Crippen molar-refractivity contribution in [3.8, 4) is 0 Å². The molecule has 2 aliphatic carbocycles. The summed E-state index contributed by atoms with van der Waals surface area (Å²) >= 11 is 1.57. The number of anilines is 2. The van der Waals surface area contributed by atoms with Gasteiger partial charge in [-0.1, -0.05) is 50.3 Å². The highest BCUT2D eigenvalue weighted by molar-refractivity contribution is 7.99. The van der Waals surface area contributed by atoms with Crippen molar-refractivity contribution < 1.29 is 19.1 Å². The quantitative estimate of drug-likeness (QED) is 0.350. The van der Waals surface area contributed by atoms with Gasteiger partial charge in [-0.2, -0.15) is 0 Å². The molecule has 0 atom stereocenters. The van der Waals surface area contributed by atoms with Crippen molar-refractivity contribution in [1.82, 2.24) is 9.55 Å². The molecule has 0 unspecified atom stereocenters. The predicted molar refractivity (Wildman–Crippen MR) is 149 cm³/mol. The third-order valence-corrected chi connectivity index (χ3v) is 8.53. The lowest BCUT2D eigenvalue weighted by molar-refractivity contribution is -0.120. The fraction of sp³-hybridized carbons (Fsp3) is 0.448. The van der Waals surface area contributed by atoms with Crippen LogP contribution in [0.5, 0.6) is 0 Å². The van der Waals surface area contributed by atoms with Gasteiger partial charge in [0.2, 0.25) is 17.8 Å². The Morgan fingerprint density at radius 2 is 1.47 bits per heavy atom. The molecule has 8 nitrogen and oxygen atoms in total. The van der Waals surface area contributed by atoms with Crippen LogP contribution in [0.2, 0.25) is 0 Å². The zero-order valence-corrected chi connectivity index (χ0v) is 22.5. The normalized spacial score (nSPS) is 16.8. The molecule has 0 spiro atoms. The number of hydrogen-bond acceptors (Lipinski definition) is 6. The number of ether oxygens (including phenoxy) is 1. The number of imidazole rings is 1. The van der Waals surface area contributed by atoms with Crippen molar-refractivity contribution in [2.45, 2.75) is 74.0 Å². The van der Waals surface area contributed by atoms with Crippen molar-refractivity contribution in [2.24, 2.45) is 11.8 Å². The SMILES string of the molecule is COC(=O)Nc1nc2cc(Sc3ccc(NC(=O)C4CCCCC4)cc3)ccc2n1C(=O)C1CCCCC1. The van der Waals surface area contributed by atoms with E-state index in [0.717, 1.165) is 73.3 Å². The lowest BCUT2D eigenvalue weighted by Gasteiger charge is -2.21. The van der Waals surface area contributed by atoms with Crippen LogP contribution in [0.3, 0.4) is 0 Å². The molecule has 2 aromatic carbocycles. The van der Waals surface area contributed by atoms with E-state index in [-0.39, 0.29) is 29.6 Å². The molecule has 2 saturated carbocycles. The molecule has 1 heterocycles. The minimum absolute atomic E-state index is 0.0372. The minimum Gasteiger partial charge on any atom is -0.453 e. The Bertz CT molecular complexity index is 1310. The molecule has 2 aliphatic rings.